The molecule has 0 N–H and O–H groups in total. The van der Waals surface area contributed by atoms with E-state index in [4.69, 9.17) is 19.4 Å². The number of nitrogens with zero attached hydrogens (tertiary/aromatic N) is 4. The Balaban J connectivity index is 0.000000204. The minimum absolute atomic E-state index is 0. The molecule has 0 spiro atoms. The smallest absolute Gasteiger partial charge is 0.216 e. The summed E-state index contributed by atoms with van der Waals surface area (Å²) in [7, 11) is 0. The van der Waals surface area contributed by atoms with Gasteiger partial charge in [-0.15, -0.1) is 17.7 Å². The Morgan fingerprint density at radius 1 is 0.940 bits per heavy atom. The van der Waals surface area contributed by atoms with Crippen LogP contribution in [0.2, 0.25) is 17.3 Å². The molecular weight excluding hydrogens is 853 g/mol. The molecule has 1 radical (unpaired) electrons. The van der Waals surface area contributed by atoms with E-state index >= 15 is 0 Å². The molecule has 0 bridgehead atoms. The second kappa shape index (κ2) is 15.0. The molecule has 0 amide bonds. The van der Waals surface area contributed by atoms with Crippen LogP contribution in [-0.4, -0.2) is 32.8 Å². The molecule has 4 heterocycles. The first-order valence-corrected chi connectivity index (χ1v) is 24.8. The molecule has 4 aromatic heterocycles. The van der Waals surface area contributed by atoms with Crippen LogP contribution < -0.4 is 4.40 Å². The van der Waals surface area contributed by atoms with Gasteiger partial charge in [0.15, 0.2) is 0 Å². The van der Waals surface area contributed by atoms with Crippen molar-refractivity contribution in [1.82, 2.24) is 19.5 Å². The summed E-state index contributed by atoms with van der Waals surface area (Å²) < 4.78 is 10.1. The zero-order valence-electron chi connectivity index (χ0n) is 31.0. The van der Waals surface area contributed by atoms with Crippen molar-refractivity contribution < 1.29 is 24.5 Å². The summed E-state index contributed by atoms with van der Waals surface area (Å²) in [5, 5.41) is 2.14. The Morgan fingerprint density at radius 2 is 1.68 bits per heavy atom. The number of hydrogen-bond donors (Lipinski definition) is 0. The van der Waals surface area contributed by atoms with E-state index in [1.807, 2.05) is 42.5 Å². The monoisotopic (exact) mass is 903 g/mol. The fraction of sp³-hybridized carbons (Fsp3) is 0.326. The minimum Gasteiger partial charge on any atom is -0.486 e. The average molecular weight is 902 g/mol. The predicted molar refractivity (Wildman–Crippen MR) is 208 cm³/mol. The van der Waals surface area contributed by atoms with E-state index in [2.05, 4.69) is 119 Å². The zero-order valence-corrected chi connectivity index (χ0v) is 35.5. The summed E-state index contributed by atoms with van der Waals surface area (Å²) in [6, 6.07) is 31.6. The first-order valence-electron chi connectivity index (χ1n) is 17.4. The molecule has 261 valence electrons. The van der Waals surface area contributed by atoms with Crippen LogP contribution in [0.15, 0.2) is 83.4 Å². The number of aromatic nitrogens is 4. The Morgan fingerprint density at radius 3 is 2.34 bits per heavy atom. The fourth-order valence-corrected chi connectivity index (χ4v) is 9.85. The molecule has 7 rings (SSSR count). The van der Waals surface area contributed by atoms with Crippen molar-refractivity contribution in [2.75, 3.05) is 0 Å². The third kappa shape index (κ3) is 7.68. The number of pyridine rings is 2. The molecule has 0 atom stereocenters. The normalized spacial score (nSPS) is 12.0. The second-order valence-corrected chi connectivity index (χ2v) is 26.0. The van der Waals surface area contributed by atoms with Gasteiger partial charge in [-0.05, 0) is 31.2 Å². The average Bonchev–Trinajstić information content (AvgIpc) is 3.63. The van der Waals surface area contributed by atoms with E-state index in [0.29, 0.717) is 11.6 Å². The van der Waals surface area contributed by atoms with Gasteiger partial charge in [0.1, 0.15) is 0 Å². The van der Waals surface area contributed by atoms with E-state index in [0.717, 1.165) is 74.3 Å². The van der Waals surface area contributed by atoms with Crippen molar-refractivity contribution in [3.05, 3.63) is 108 Å². The molecule has 0 unspecified atom stereocenters. The number of hydrogen-bond acceptors (Lipinski definition) is 4. The van der Waals surface area contributed by atoms with Gasteiger partial charge in [-0.1, -0.05) is 50.8 Å². The standard InChI is InChI=1S/C25H24N3O.C18H24GeN.Ir/c1-6-28-19-10-8-7-9-18(19)26-23(28)17-12-11-15(2)21-16-13-14-20(25(3,4)5)27-24(16)29-22(17)21;1-14(2)11-16-12-18(15-9-7-6-8-10-15)20-13-17(16)19(3,4)5;/h7-11,13-14H,6H2,1-5H3;6-9,12-14H,11H2,1-5H3;/q2*-1;. The molecular formula is C43H48GeIrN4O-2. The van der Waals surface area contributed by atoms with Crippen molar-refractivity contribution in [2.45, 2.75) is 84.1 Å². The summed E-state index contributed by atoms with van der Waals surface area (Å²) >= 11 is -1.86. The number of imidazole rings is 1. The number of rotatable bonds is 6. The molecule has 0 fully saturated rings. The summed E-state index contributed by atoms with van der Waals surface area (Å²) in [5.41, 5.74) is 10.2. The Kier molecular flexibility index (Phi) is 11.3. The molecule has 0 saturated heterocycles. The molecule has 3 aromatic carbocycles. The maximum atomic E-state index is 6.35. The first kappa shape index (κ1) is 37.7. The molecule has 5 nitrogen and oxygen atoms in total. The Hall–Kier alpha value is -3.58. The fourth-order valence-electron chi connectivity index (χ4n) is 6.52. The molecule has 7 aromatic rings. The van der Waals surface area contributed by atoms with Gasteiger partial charge in [0.05, 0.1) is 22.4 Å². The van der Waals surface area contributed by atoms with E-state index in [1.165, 1.54) is 5.56 Å². The summed E-state index contributed by atoms with van der Waals surface area (Å²) in [6.45, 7) is 16.1. The predicted octanol–water partition coefficient (Wildman–Crippen LogP) is 10.7. The molecule has 50 heavy (non-hydrogen) atoms. The van der Waals surface area contributed by atoms with Crippen LogP contribution in [-0.2, 0) is 38.5 Å². The van der Waals surface area contributed by atoms with Gasteiger partial charge < -0.3 is 8.98 Å². The van der Waals surface area contributed by atoms with Gasteiger partial charge in [0, 0.05) is 43.1 Å². The maximum Gasteiger partial charge on any atom is 0.216 e. The van der Waals surface area contributed by atoms with Gasteiger partial charge in [0.2, 0.25) is 5.71 Å². The topological polar surface area (TPSA) is 56.7 Å². The van der Waals surface area contributed by atoms with Crippen molar-refractivity contribution in [3.63, 3.8) is 0 Å². The number of furan rings is 1. The Labute approximate surface area is 313 Å². The Bertz CT molecular complexity index is 2260. The van der Waals surface area contributed by atoms with Crippen LogP contribution in [0.3, 0.4) is 0 Å². The van der Waals surface area contributed by atoms with E-state index < -0.39 is 13.3 Å². The number of fused-ring (bicyclic) bond motifs is 4. The van der Waals surface area contributed by atoms with E-state index in [1.54, 1.807) is 4.40 Å². The zero-order chi connectivity index (χ0) is 35.1. The first-order chi connectivity index (χ1) is 23.3. The summed E-state index contributed by atoms with van der Waals surface area (Å²) in [6.07, 6.45) is 3.27. The van der Waals surface area contributed by atoms with Gasteiger partial charge in [-0.2, -0.15) is 0 Å². The van der Waals surface area contributed by atoms with Gasteiger partial charge in [-0.3, -0.25) is 4.98 Å². The molecule has 7 heteroatoms. The van der Waals surface area contributed by atoms with Crippen molar-refractivity contribution >= 4 is 50.8 Å². The largest absolute Gasteiger partial charge is 0.486 e. The molecule has 0 aliphatic rings. The van der Waals surface area contributed by atoms with Crippen LogP contribution in [0.5, 0.6) is 0 Å². The van der Waals surface area contributed by atoms with Crippen LogP contribution in [0.25, 0.3) is 55.7 Å². The molecule has 0 saturated carbocycles. The van der Waals surface area contributed by atoms with Crippen molar-refractivity contribution in [3.8, 4) is 22.6 Å². The number of aryl methyl sites for hydroxylation is 2. The number of benzene rings is 3. The molecule has 0 aliphatic carbocycles. The summed E-state index contributed by atoms with van der Waals surface area (Å²) in [5.74, 6) is 8.88. The van der Waals surface area contributed by atoms with Crippen LogP contribution in [0.4, 0.5) is 0 Å². The molecule has 0 aliphatic heterocycles. The second-order valence-electron chi connectivity index (χ2n) is 15.5. The van der Waals surface area contributed by atoms with E-state index in [9.17, 15) is 0 Å². The summed E-state index contributed by atoms with van der Waals surface area (Å²) in [4.78, 5) is 14.4. The quantitative estimate of drug-likeness (QED) is 0.123. The minimum atomic E-state index is -1.86. The van der Waals surface area contributed by atoms with Crippen LogP contribution in [0, 0.1) is 25.0 Å². The van der Waals surface area contributed by atoms with Crippen LogP contribution >= 0.6 is 0 Å². The van der Waals surface area contributed by atoms with Crippen molar-refractivity contribution in [1.29, 1.82) is 0 Å². The maximum absolute atomic E-state index is 6.35. The van der Waals surface area contributed by atoms with Crippen LogP contribution in [0.1, 0.15) is 58.4 Å². The number of para-hydroxylation sites is 2. The third-order valence-electron chi connectivity index (χ3n) is 8.98. The SMILES string of the molecule is CC(C)Cc1cc(-c2[c-]cccc2)nc[c]1[Ge]([CH3])([CH3])[CH3].CCn1c(-c2[c-]cc(C)c3c2oc2nc(C(C)(C)C)ccc23)nc2ccccc21.[Ir]. The van der Waals surface area contributed by atoms with Gasteiger partial charge >= 0.3 is 126 Å². The van der Waals surface area contributed by atoms with E-state index in [-0.39, 0.29) is 25.5 Å². The third-order valence-corrected chi connectivity index (χ3v) is 13.3. The van der Waals surface area contributed by atoms with Gasteiger partial charge in [-0.25, -0.2) is 4.98 Å². The van der Waals surface area contributed by atoms with Crippen molar-refractivity contribution in [2.24, 2.45) is 5.92 Å². The van der Waals surface area contributed by atoms with Gasteiger partial charge in [0.25, 0.3) is 0 Å².